The van der Waals surface area contributed by atoms with Crippen molar-refractivity contribution in [2.45, 2.75) is 135 Å². The summed E-state index contributed by atoms with van der Waals surface area (Å²) in [4.78, 5) is 26.0. The predicted molar refractivity (Wildman–Crippen MR) is 119 cm³/mol. The fourth-order valence-electron chi connectivity index (χ4n) is 5.74. The van der Waals surface area contributed by atoms with Crippen molar-refractivity contribution in [1.82, 2.24) is 10.6 Å². The van der Waals surface area contributed by atoms with Crippen LogP contribution in [0, 0.1) is 5.92 Å². The Hall–Kier alpha value is -1.14. The molecule has 2 heterocycles. The Bertz CT molecular complexity index is 555. The third-order valence-corrected chi connectivity index (χ3v) is 6.02. The van der Waals surface area contributed by atoms with Crippen molar-refractivity contribution < 1.29 is 19.1 Å². The summed E-state index contributed by atoms with van der Waals surface area (Å²) >= 11 is 0. The van der Waals surface area contributed by atoms with E-state index in [1.165, 1.54) is 0 Å². The first-order chi connectivity index (χ1) is 13.5. The molecule has 0 aliphatic carbocycles. The molecule has 2 fully saturated rings. The van der Waals surface area contributed by atoms with Crippen LogP contribution in [0.2, 0.25) is 0 Å². The fraction of sp³-hybridized carbons (Fsp3) is 0.917. The van der Waals surface area contributed by atoms with Crippen LogP contribution in [0.3, 0.4) is 0 Å². The predicted octanol–water partition coefficient (Wildman–Crippen LogP) is 4.11. The summed E-state index contributed by atoms with van der Waals surface area (Å²) in [7, 11) is 0. The molecule has 6 nitrogen and oxygen atoms in total. The second kappa shape index (κ2) is 8.78. The van der Waals surface area contributed by atoms with Crippen LogP contribution in [0.4, 0.5) is 0 Å². The Morgan fingerprint density at radius 3 is 1.30 bits per heavy atom. The molecule has 2 saturated heterocycles. The lowest BCUT2D eigenvalue weighted by molar-refractivity contribution is -0.172. The molecule has 0 aromatic carbocycles. The largest absolute Gasteiger partial charge is 0.462 e. The molecule has 0 atom stereocenters. The van der Waals surface area contributed by atoms with Crippen molar-refractivity contribution in [1.29, 1.82) is 0 Å². The molecule has 0 aromatic rings. The van der Waals surface area contributed by atoms with E-state index < -0.39 is 17.9 Å². The van der Waals surface area contributed by atoms with E-state index in [1.807, 2.05) is 6.92 Å². The summed E-state index contributed by atoms with van der Waals surface area (Å²) in [5.74, 6) is -1.72. The zero-order valence-corrected chi connectivity index (χ0v) is 20.6. The smallest absolute Gasteiger partial charge is 0.320 e. The molecule has 0 radical (unpaired) electrons. The molecular formula is C24H44N2O4. The normalized spacial score (nSPS) is 25.7. The van der Waals surface area contributed by atoms with Crippen LogP contribution < -0.4 is 10.6 Å². The minimum Gasteiger partial charge on any atom is -0.462 e. The van der Waals surface area contributed by atoms with Crippen LogP contribution in [0.5, 0.6) is 0 Å². The summed E-state index contributed by atoms with van der Waals surface area (Å²) in [5, 5.41) is 7.19. The van der Waals surface area contributed by atoms with Crippen LogP contribution in [-0.4, -0.2) is 46.3 Å². The van der Waals surface area contributed by atoms with Crippen LogP contribution in [0.25, 0.3) is 0 Å². The van der Waals surface area contributed by atoms with Gasteiger partial charge in [0, 0.05) is 47.8 Å². The van der Waals surface area contributed by atoms with Crippen LogP contribution in [0.15, 0.2) is 0 Å². The summed E-state index contributed by atoms with van der Waals surface area (Å²) < 4.78 is 11.8. The highest BCUT2D eigenvalue weighted by Gasteiger charge is 2.43. The summed E-state index contributed by atoms with van der Waals surface area (Å²) in [5.41, 5.74) is -0.501. The lowest BCUT2D eigenvalue weighted by atomic mass is 9.81. The monoisotopic (exact) mass is 424 g/mol. The number of rotatable bonds is 6. The van der Waals surface area contributed by atoms with E-state index >= 15 is 0 Å². The number of esters is 2. The molecule has 2 aliphatic heterocycles. The van der Waals surface area contributed by atoms with E-state index in [0.29, 0.717) is 6.42 Å². The van der Waals surface area contributed by atoms with Crippen molar-refractivity contribution in [2.24, 2.45) is 5.92 Å². The number of piperidine rings is 2. The van der Waals surface area contributed by atoms with Crippen molar-refractivity contribution in [3.05, 3.63) is 0 Å². The maximum absolute atomic E-state index is 13.0. The molecule has 2 aliphatic rings. The van der Waals surface area contributed by atoms with E-state index in [9.17, 15) is 9.59 Å². The van der Waals surface area contributed by atoms with Gasteiger partial charge < -0.3 is 20.1 Å². The maximum atomic E-state index is 13.0. The first kappa shape index (κ1) is 25.1. The second-order valence-corrected chi connectivity index (χ2v) is 12.1. The molecule has 174 valence electrons. The molecular weight excluding hydrogens is 380 g/mol. The molecule has 0 aromatic heterocycles. The molecule has 30 heavy (non-hydrogen) atoms. The fourth-order valence-corrected chi connectivity index (χ4v) is 5.74. The highest BCUT2D eigenvalue weighted by Crippen LogP contribution is 2.33. The third kappa shape index (κ3) is 7.23. The Kier molecular flexibility index (Phi) is 7.35. The van der Waals surface area contributed by atoms with Gasteiger partial charge in [-0.25, -0.2) is 0 Å². The molecule has 2 N–H and O–H groups in total. The van der Waals surface area contributed by atoms with E-state index in [1.54, 1.807) is 0 Å². The van der Waals surface area contributed by atoms with Gasteiger partial charge in [-0.3, -0.25) is 9.59 Å². The van der Waals surface area contributed by atoms with Gasteiger partial charge in [-0.1, -0.05) is 13.3 Å². The standard InChI is InChI=1S/C24H44N2O4/c1-10-11-18(19(27)29-16-12-21(2,3)25-22(4,5)13-16)20(28)30-17-14-23(6,7)26-24(8,9)15-17/h16-18,25-26H,10-15H2,1-9H3. The molecule has 0 saturated carbocycles. The van der Waals surface area contributed by atoms with E-state index in [2.05, 4.69) is 66.0 Å². The van der Waals surface area contributed by atoms with E-state index in [0.717, 1.165) is 32.1 Å². The number of carbonyl (C=O) groups excluding carboxylic acids is 2. The maximum Gasteiger partial charge on any atom is 0.320 e. The van der Waals surface area contributed by atoms with Gasteiger partial charge in [0.05, 0.1) is 0 Å². The number of nitrogens with one attached hydrogen (secondary N) is 2. The van der Waals surface area contributed by atoms with Crippen LogP contribution >= 0.6 is 0 Å². The van der Waals surface area contributed by atoms with Gasteiger partial charge in [-0.05, 0) is 61.8 Å². The van der Waals surface area contributed by atoms with Gasteiger partial charge in [0.2, 0.25) is 0 Å². The molecule has 0 bridgehead atoms. The van der Waals surface area contributed by atoms with Crippen molar-refractivity contribution >= 4 is 11.9 Å². The number of hydrogen-bond donors (Lipinski definition) is 2. The Labute approximate surface area is 183 Å². The SMILES string of the molecule is CCCC(C(=O)OC1CC(C)(C)NC(C)(C)C1)C(=O)OC1CC(C)(C)NC(C)(C)C1. The highest BCUT2D eigenvalue weighted by atomic mass is 16.6. The molecule has 0 amide bonds. The zero-order chi connectivity index (χ0) is 23.0. The van der Waals surface area contributed by atoms with Crippen molar-refractivity contribution in [3.8, 4) is 0 Å². The number of carbonyl (C=O) groups is 2. The summed E-state index contributed by atoms with van der Waals surface area (Å²) in [6, 6.07) is 0. The molecule has 0 spiro atoms. The lowest BCUT2D eigenvalue weighted by Crippen LogP contribution is -2.60. The first-order valence-electron chi connectivity index (χ1n) is 11.5. The lowest BCUT2D eigenvalue weighted by Gasteiger charge is -2.46. The molecule has 2 rings (SSSR count). The van der Waals surface area contributed by atoms with Crippen LogP contribution in [-0.2, 0) is 19.1 Å². The Balaban J connectivity index is 2.05. The van der Waals surface area contributed by atoms with E-state index in [4.69, 9.17) is 9.47 Å². The van der Waals surface area contributed by atoms with Crippen molar-refractivity contribution in [3.63, 3.8) is 0 Å². The van der Waals surface area contributed by atoms with Gasteiger partial charge in [-0.15, -0.1) is 0 Å². The topological polar surface area (TPSA) is 76.7 Å². The highest BCUT2D eigenvalue weighted by molar-refractivity contribution is 5.95. The van der Waals surface area contributed by atoms with Crippen LogP contribution in [0.1, 0.15) is 101 Å². The minimum atomic E-state index is -0.850. The van der Waals surface area contributed by atoms with Gasteiger partial charge in [0.1, 0.15) is 12.2 Å². The van der Waals surface area contributed by atoms with Gasteiger partial charge in [-0.2, -0.15) is 0 Å². The zero-order valence-electron chi connectivity index (χ0n) is 20.6. The minimum absolute atomic E-state index is 0.125. The number of ether oxygens (including phenoxy) is 2. The Morgan fingerprint density at radius 1 is 0.733 bits per heavy atom. The summed E-state index contributed by atoms with van der Waals surface area (Å²) in [6.07, 6.45) is 3.69. The van der Waals surface area contributed by atoms with Gasteiger partial charge in [0.15, 0.2) is 5.92 Å². The second-order valence-electron chi connectivity index (χ2n) is 12.1. The first-order valence-corrected chi connectivity index (χ1v) is 11.5. The van der Waals surface area contributed by atoms with E-state index in [-0.39, 0.29) is 34.4 Å². The summed E-state index contributed by atoms with van der Waals surface area (Å²) in [6.45, 7) is 18.9. The van der Waals surface area contributed by atoms with Crippen molar-refractivity contribution in [2.75, 3.05) is 0 Å². The Morgan fingerprint density at radius 2 is 1.03 bits per heavy atom. The quantitative estimate of drug-likeness (QED) is 0.494. The number of hydrogen-bond acceptors (Lipinski definition) is 6. The average Bonchev–Trinajstić information content (AvgIpc) is 2.45. The third-order valence-electron chi connectivity index (χ3n) is 6.02. The van der Waals surface area contributed by atoms with Gasteiger partial charge >= 0.3 is 11.9 Å². The van der Waals surface area contributed by atoms with Gasteiger partial charge in [0.25, 0.3) is 0 Å². The molecule has 0 unspecified atom stereocenters. The molecule has 6 heteroatoms. The average molecular weight is 425 g/mol.